The zero-order valence-corrected chi connectivity index (χ0v) is 14.8. The Bertz CT molecular complexity index is 687. The van der Waals surface area contributed by atoms with Crippen LogP contribution in [0, 0.1) is 12.3 Å². The first-order valence-electron chi connectivity index (χ1n) is 8.99. The molecule has 4 atom stereocenters. The number of nitrogens with one attached hydrogen (secondary N) is 1. The molecule has 23 heavy (non-hydrogen) atoms. The van der Waals surface area contributed by atoms with Crippen molar-refractivity contribution in [3.05, 3.63) is 29.3 Å². The third-order valence-electron chi connectivity index (χ3n) is 6.76. The highest BCUT2D eigenvalue weighted by molar-refractivity contribution is 7.80. The summed E-state index contributed by atoms with van der Waals surface area (Å²) in [6.07, 6.45) is 5.32. The molecule has 3 heterocycles. The van der Waals surface area contributed by atoms with Gasteiger partial charge in [-0.3, -0.25) is 0 Å². The van der Waals surface area contributed by atoms with E-state index in [0.717, 1.165) is 11.7 Å². The Morgan fingerprint density at radius 2 is 2.17 bits per heavy atom. The van der Waals surface area contributed by atoms with E-state index in [0.29, 0.717) is 23.4 Å². The van der Waals surface area contributed by atoms with Gasteiger partial charge in [-0.15, -0.1) is 0 Å². The predicted octanol–water partition coefficient (Wildman–Crippen LogP) is 3.03. The first-order valence-corrected chi connectivity index (χ1v) is 9.40. The van der Waals surface area contributed by atoms with Crippen molar-refractivity contribution in [2.45, 2.75) is 50.6 Å². The topological polar surface area (TPSA) is 18.5 Å². The summed E-state index contributed by atoms with van der Waals surface area (Å²) in [5.74, 6) is 0.601. The third kappa shape index (κ3) is 1.77. The van der Waals surface area contributed by atoms with Crippen LogP contribution in [0.1, 0.15) is 42.7 Å². The van der Waals surface area contributed by atoms with Crippen molar-refractivity contribution in [1.82, 2.24) is 10.2 Å². The minimum atomic E-state index is 0.352. The van der Waals surface area contributed by atoms with Crippen LogP contribution >= 0.6 is 12.2 Å². The van der Waals surface area contributed by atoms with Crippen LogP contribution in [0.5, 0.6) is 0 Å². The van der Waals surface area contributed by atoms with Crippen LogP contribution in [-0.2, 0) is 0 Å². The third-order valence-corrected chi connectivity index (χ3v) is 7.07. The van der Waals surface area contributed by atoms with Gasteiger partial charge < -0.3 is 15.1 Å². The van der Waals surface area contributed by atoms with Crippen molar-refractivity contribution in [3.8, 4) is 0 Å². The van der Waals surface area contributed by atoms with Gasteiger partial charge in [-0.05, 0) is 50.7 Å². The van der Waals surface area contributed by atoms with Gasteiger partial charge in [-0.25, -0.2) is 0 Å². The molecule has 2 saturated heterocycles. The van der Waals surface area contributed by atoms with Crippen LogP contribution in [0.15, 0.2) is 18.2 Å². The lowest BCUT2D eigenvalue weighted by Crippen LogP contribution is -2.73. The fourth-order valence-corrected chi connectivity index (χ4v) is 6.37. The van der Waals surface area contributed by atoms with E-state index in [2.05, 4.69) is 47.3 Å². The number of thiocarbonyl (C=S) groups is 1. The number of hydrogen-bond acceptors (Lipinski definition) is 2. The summed E-state index contributed by atoms with van der Waals surface area (Å²) in [5, 5.41) is 4.71. The maximum absolute atomic E-state index is 5.83. The molecule has 4 heteroatoms. The number of aryl methyl sites for hydroxylation is 1. The van der Waals surface area contributed by atoms with Crippen molar-refractivity contribution in [2.24, 2.45) is 5.41 Å². The number of fused-ring (bicyclic) bond motifs is 3. The first kappa shape index (κ1) is 14.2. The van der Waals surface area contributed by atoms with E-state index in [1.165, 1.54) is 49.0 Å². The molecule has 1 aliphatic carbocycles. The van der Waals surface area contributed by atoms with E-state index >= 15 is 0 Å². The van der Waals surface area contributed by atoms with Gasteiger partial charge in [0.05, 0.1) is 6.04 Å². The molecule has 0 bridgehead atoms. The van der Waals surface area contributed by atoms with Gasteiger partial charge >= 0.3 is 0 Å². The zero-order valence-electron chi connectivity index (χ0n) is 14.0. The van der Waals surface area contributed by atoms with Crippen molar-refractivity contribution < 1.29 is 0 Å². The van der Waals surface area contributed by atoms with Gasteiger partial charge in [0.15, 0.2) is 5.11 Å². The number of likely N-dealkylation sites (tertiary alicyclic amines) is 1. The average molecular weight is 327 g/mol. The minimum absolute atomic E-state index is 0.352. The second-order valence-electron chi connectivity index (χ2n) is 8.16. The SMILES string of the molecule is Cc1ccc2c(c1)C1CN(C)CC34CCCCC3NC(=S)N2C14. The predicted molar refractivity (Wildman–Crippen MR) is 98.1 cm³/mol. The molecule has 1 N–H and O–H groups in total. The fourth-order valence-electron chi connectivity index (χ4n) is 6.02. The zero-order chi connectivity index (χ0) is 15.8. The Labute approximate surface area is 144 Å². The summed E-state index contributed by atoms with van der Waals surface area (Å²) in [6, 6.07) is 8.07. The number of anilines is 1. The van der Waals surface area contributed by atoms with Gasteiger partial charge in [0.25, 0.3) is 0 Å². The number of benzene rings is 1. The molecule has 1 saturated carbocycles. The summed E-state index contributed by atoms with van der Waals surface area (Å²) in [6.45, 7) is 4.58. The Morgan fingerprint density at radius 1 is 1.30 bits per heavy atom. The summed E-state index contributed by atoms with van der Waals surface area (Å²) in [7, 11) is 2.31. The molecule has 5 rings (SSSR count). The number of likely N-dealkylation sites (N-methyl/N-ethyl adjacent to an activating group) is 1. The molecule has 0 amide bonds. The second kappa shape index (κ2) is 4.70. The van der Waals surface area contributed by atoms with Crippen molar-refractivity contribution >= 4 is 23.0 Å². The van der Waals surface area contributed by atoms with Crippen LogP contribution in [-0.4, -0.2) is 42.2 Å². The van der Waals surface area contributed by atoms with Crippen LogP contribution in [0.2, 0.25) is 0 Å². The van der Waals surface area contributed by atoms with E-state index in [4.69, 9.17) is 12.2 Å². The van der Waals surface area contributed by atoms with Crippen LogP contribution in [0.3, 0.4) is 0 Å². The van der Waals surface area contributed by atoms with Crippen molar-refractivity contribution in [2.75, 3.05) is 25.0 Å². The van der Waals surface area contributed by atoms with Gasteiger partial charge in [0.2, 0.25) is 0 Å². The van der Waals surface area contributed by atoms with E-state index in [9.17, 15) is 0 Å². The quantitative estimate of drug-likeness (QED) is 0.738. The normalized spacial score (nSPS) is 38.6. The Hall–Kier alpha value is -1.13. The maximum atomic E-state index is 5.83. The van der Waals surface area contributed by atoms with Crippen LogP contribution < -0.4 is 10.2 Å². The molecule has 3 aliphatic heterocycles. The molecular weight excluding hydrogens is 302 g/mol. The Morgan fingerprint density at radius 3 is 3.04 bits per heavy atom. The molecule has 4 unspecified atom stereocenters. The molecule has 1 aromatic carbocycles. The fraction of sp³-hybridized carbons (Fsp3) is 0.632. The number of nitrogens with zero attached hydrogens (tertiary/aromatic N) is 2. The van der Waals surface area contributed by atoms with Gasteiger partial charge in [-0.2, -0.15) is 0 Å². The molecule has 1 aromatic rings. The summed E-state index contributed by atoms with van der Waals surface area (Å²) in [5.41, 5.74) is 4.61. The molecule has 3 fully saturated rings. The maximum Gasteiger partial charge on any atom is 0.174 e. The largest absolute Gasteiger partial charge is 0.359 e. The average Bonchev–Trinajstić information content (AvgIpc) is 2.84. The smallest absolute Gasteiger partial charge is 0.174 e. The van der Waals surface area contributed by atoms with Crippen LogP contribution in [0.4, 0.5) is 5.69 Å². The van der Waals surface area contributed by atoms with Crippen LogP contribution in [0.25, 0.3) is 0 Å². The first-order chi connectivity index (χ1) is 11.1. The van der Waals surface area contributed by atoms with Crippen molar-refractivity contribution in [3.63, 3.8) is 0 Å². The highest BCUT2D eigenvalue weighted by atomic mass is 32.1. The number of rotatable bonds is 0. The highest BCUT2D eigenvalue weighted by Crippen LogP contribution is 2.57. The summed E-state index contributed by atoms with van der Waals surface area (Å²) >= 11 is 5.83. The second-order valence-corrected chi connectivity index (χ2v) is 8.55. The summed E-state index contributed by atoms with van der Waals surface area (Å²) < 4.78 is 0. The number of piperidine rings is 1. The molecule has 3 nitrogen and oxygen atoms in total. The van der Waals surface area contributed by atoms with Gasteiger partial charge in [0, 0.05) is 36.2 Å². The van der Waals surface area contributed by atoms with E-state index in [1.54, 1.807) is 0 Å². The van der Waals surface area contributed by atoms with E-state index in [1.807, 2.05) is 0 Å². The lowest BCUT2D eigenvalue weighted by atomic mass is 9.59. The summed E-state index contributed by atoms with van der Waals surface area (Å²) in [4.78, 5) is 5.06. The van der Waals surface area contributed by atoms with Gasteiger partial charge in [-0.1, -0.05) is 30.5 Å². The van der Waals surface area contributed by atoms with Crippen molar-refractivity contribution in [1.29, 1.82) is 0 Å². The standard InChI is InChI=1S/C19H25N3S/c1-12-6-7-15-13(9-12)14-10-21(2)11-19-8-4-3-5-16(19)20-18(23)22(15)17(14)19/h6-7,9,14,16-17H,3-5,8,10-11H2,1-2H3,(H,20,23). The monoisotopic (exact) mass is 327 g/mol. The number of hydrogen-bond donors (Lipinski definition) is 1. The highest BCUT2D eigenvalue weighted by Gasteiger charge is 2.61. The molecule has 122 valence electrons. The molecular formula is C19H25N3S. The van der Waals surface area contributed by atoms with E-state index < -0.39 is 0 Å². The lowest BCUT2D eigenvalue weighted by Gasteiger charge is -2.60. The van der Waals surface area contributed by atoms with Gasteiger partial charge in [0.1, 0.15) is 0 Å². The molecule has 4 aliphatic rings. The lowest BCUT2D eigenvalue weighted by molar-refractivity contribution is 0.00633. The molecule has 0 radical (unpaired) electrons. The van der Waals surface area contributed by atoms with E-state index in [-0.39, 0.29) is 0 Å². The molecule has 0 aromatic heterocycles. The Balaban J connectivity index is 1.71. The molecule has 1 spiro atoms. The Kier molecular flexibility index (Phi) is 2.91. The minimum Gasteiger partial charge on any atom is -0.359 e.